The highest BCUT2D eigenvalue weighted by Gasteiger charge is 2.22. The van der Waals surface area contributed by atoms with Crippen molar-refractivity contribution in [2.45, 2.75) is 135 Å². The summed E-state index contributed by atoms with van der Waals surface area (Å²) in [5, 5.41) is 0. The molecule has 0 saturated heterocycles. The van der Waals surface area contributed by atoms with Crippen LogP contribution in [0.1, 0.15) is 139 Å². The van der Waals surface area contributed by atoms with Crippen molar-refractivity contribution in [3.05, 3.63) is 90.5 Å². The molecule has 238 valence electrons. The van der Waals surface area contributed by atoms with Gasteiger partial charge in [-0.25, -0.2) is 9.97 Å². The molecule has 0 amide bonds. The van der Waals surface area contributed by atoms with E-state index in [2.05, 4.69) is 74.4 Å². The molecule has 0 unspecified atom stereocenters. The maximum atomic E-state index is 5.93. The fraction of sp³-hybridized carbons (Fsp3) is 0.561. The second kappa shape index (κ2) is 20.2. The van der Waals surface area contributed by atoms with Crippen LogP contribution in [0.3, 0.4) is 0 Å². The van der Waals surface area contributed by atoms with Gasteiger partial charge in [0.05, 0.1) is 6.61 Å². The van der Waals surface area contributed by atoms with Crippen molar-refractivity contribution < 1.29 is 4.74 Å². The fourth-order valence-electron chi connectivity index (χ4n) is 6.68. The molecule has 0 bridgehead atoms. The first-order valence-electron chi connectivity index (χ1n) is 18.0. The standard InChI is InChI=1S/C41H58N2O/c1-3-5-7-9-10-12-16-34-21-25-38(26-22-34)39-32-42-41(43-33-39)18-14-13-17-35-19-23-36(24-20-35)37-27-29-40(30-28-37)44-31-15-11-8-6-4-2/h3,19-20,23-24,27-30,32-34,38H,1,4-18,21-22,25-26,31H2,2H3. The van der Waals surface area contributed by atoms with Crippen molar-refractivity contribution in [3.8, 4) is 16.9 Å². The molecule has 1 aliphatic rings. The van der Waals surface area contributed by atoms with Crippen LogP contribution in [0.15, 0.2) is 73.6 Å². The first-order valence-corrected chi connectivity index (χ1v) is 18.0. The maximum Gasteiger partial charge on any atom is 0.128 e. The Morgan fingerprint density at radius 2 is 1.34 bits per heavy atom. The molecule has 1 aliphatic carbocycles. The van der Waals surface area contributed by atoms with Gasteiger partial charge in [-0.15, -0.1) is 6.58 Å². The van der Waals surface area contributed by atoms with Crippen molar-refractivity contribution in [3.63, 3.8) is 0 Å². The SMILES string of the molecule is C=CCCCCCCC1CCC(c2cnc(CCCCc3ccc(-c4ccc(OCCCCCCC)cc4)cc3)nc2)CC1. The van der Waals surface area contributed by atoms with Crippen molar-refractivity contribution in [2.24, 2.45) is 5.92 Å². The summed E-state index contributed by atoms with van der Waals surface area (Å²) in [6, 6.07) is 17.6. The van der Waals surface area contributed by atoms with Gasteiger partial charge in [0.1, 0.15) is 11.6 Å². The van der Waals surface area contributed by atoms with Gasteiger partial charge in [-0.2, -0.15) is 0 Å². The second-order valence-corrected chi connectivity index (χ2v) is 13.1. The van der Waals surface area contributed by atoms with Gasteiger partial charge in [0.25, 0.3) is 0 Å². The molecule has 1 saturated carbocycles. The highest BCUT2D eigenvalue weighted by atomic mass is 16.5. The Morgan fingerprint density at radius 3 is 2.05 bits per heavy atom. The Hall–Kier alpha value is -2.94. The summed E-state index contributed by atoms with van der Waals surface area (Å²) in [5.74, 6) is 3.56. The zero-order valence-electron chi connectivity index (χ0n) is 27.7. The first-order chi connectivity index (χ1) is 21.7. The molecule has 0 aliphatic heterocycles. The molecule has 3 heteroatoms. The predicted octanol–water partition coefficient (Wildman–Crippen LogP) is 11.9. The predicted molar refractivity (Wildman–Crippen MR) is 187 cm³/mol. The number of nitrogens with zero attached hydrogens (tertiary/aromatic N) is 2. The number of hydrogen-bond acceptors (Lipinski definition) is 3. The highest BCUT2D eigenvalue weighted by Crippen LogP contribution is 2.37. The maximum absolute atomic E-state index is 5.93. The smallest absolute Gasteiger partial charge is 0.128 e. The molecule has 1 aromatic heterocycles. The van der Waals surface area contributed by atoms with E-state index in [1.54, 1.807) is 0 Å². The van der Waals surface area contributed by atoms with Crippen LogP contribution in [-0.2, 0) is 12.8 Å². The molecule has 1 heterocycles. The van der Waals surface area contributed by atoms with Crippen LogP contribution in [0.5, 0.6) is 5.75 Å². The molecule has 3 nitrogen and oxygen atoms in total. The molecular formula is C41H58N2O. The summed E-state index contributed by atoms with van der Waals surface area (Å²) in [7, 11) is 0. The zero-order chi connectivity index (χ0) is 30.7. The normalized spacial score (nSPS) is 16.6. The summed E-state index contributed by atoms with van der Waals surface area (Å²) < 4.78 is 5.93. The van der Waals surface area contributed by atoms with E-state index in [4.69, 9.17) is 14.7 Å². The number of aromatic nitrogens is 2. The summed E-state index contributed by atoms with van der Waals surface area (Å²) in [6.07, 6.45) is 30.4. The van der Waals surface area contributed by atoms with E-state index in [0.29, 0.717) is 5.92 Å². The number of unbranched alkanes of at least 4 members (excludes halogenated alkanes) is 9. The Balaban J connectivity index is 1.09. The van der Waals surface area contributed by atoms with E-state index in [1.807, 2.05) is 6.08 Å². The first kappa shape index (κ1) is 33.9. The average molecular weight is 595 g/mol. The molecule has 2 aromatic carbocycles. The Labute approximate surface area is 269 Å². The van der Waals surface area contributed by atoms with E-state index in [9.17, 15) is 0 Å². The van der Waals surface area contributed by atoms with Gasteiger partial charge in [0.15, 0.2) is 0 Å². The molecule has 44 heavy (non-hydrogen) atoms. The minimum absolute atomic E-state index is 0.659. The van der Waals surface area contributed by atoms with Crippen LogP contribution < -0.4 is 4.74 Å². The summed E-state index contributed by atoms with van der Waals surface area (Å²) >= 11 is 0. The fourth-order valence-corrected chi connectivity index (χ4v) is 6.68. The highest BCUT2D eigenvalue weighted by molar-refractivity contribution is 5.64. The van der Waals surface area contributed by atoms with Crippen molar-refractivity contribution >= 4 is 0 Å². The van der Waals surface area contributed by atoms with Crippen LogP contribution in [0.2, 0.25) is 0 Å². The summed E-state index contributed by atoms with van der Waals surface area (Å²) in [6.45, 7) is 6.89. The van der Waals surface area contributed by atoms with E-state index < -0.39 is 0 Å². The molecule has 0 N–H and O–H groups in total. The molecule has 0 spiro atoms. The number of rotatable bonds is 21. The van der Waals surface area contributed by atoms with Crippen molar-refractivity contribution in [2.75, 3.05) is 6.61 Å². The van der Waals surface area contributed by atoms with Gasteiger partial charge >= 0.3 is 0 Å². The van der Waals surface area contributed by atoms with Crippen LogP contribution in [-0.4, -0.2) is 16.6 Å². The minimum atomic E-state index is 0.659. The van der Waals surface area contributed by atoms with Crippen molar-refractivity contribution in [1.29, 1.82) is 0 Å². The van der Waals surface area contributed by atoms with Gasteiger partial charge in [-0.3, -0.25) is 0 Å². The topological polar surface area (TPSA) is 35.0 Å². The molecule has 4 rings (SSSR count). The third-order valence-electron chi connectivity index (χ3n) is 9.59. The van der Waals surface area contributed by atoms with Crippen LogP contribution in [0.25, 0.3) is 11.1 Å². The minimum Gasteiger partial charge on any atom is -0.494 e. The Kier molecular flexibility index (Phi) is 15.6. The van der Waals surface area contributed by atoms with E-state index in [-0.39, 0.29) is 0 Å². The average Bonchev–Trinajstić information content (AvgIpc) is 3.07. The number of ether oxygens (including phenoxy) is 1. The summed E-state index contributed by atoms with van der Waals surface area (Å²) in [5.41, 5.74) is 5.26. The van der Waals surface area contributed by atoms with Gasteiger partial charge < -0.3 is 4.74 Å². The third-order valence-corrected chi connectivity index (χ3v) is 9.59. The van der Waals surface area contributed by atoms with Gasteiger partial charge in [0.2, 0.25) is 0 Å². The quantitative estimate of drug-likeness (QED) is 0.0909. The Bertz CT molecular complexity index is 1160. The number of aryl methyl sites for hydroxylation is 2. The van der Waals surface area contributed by atoms with Crippen LogP contribution in [0.4, 0.5) is 0 Å². The van der Waals surface area contributed by atoms with Crippen LogP contribution in [0, 0.1) is 5.92 Å². The number of benzene rings is 2. The number of hydrogen-bond donors (Lipinski definition) is 0. The largest absolute Gasteiger partial charge is 0.494 e. The second-order valence-electron chi connectivity index (χ2n) is 13.1. The molecular weight excluding hydrogens is 536 g/mol. The molecule has 1 fully saturated rings. The number of allylic oxidation sites excluding steroid dienone is 1. The molecule has 0 atom stereocenters. The lowest BCUT2D eigenvalue weighted by molar-refractivity contribution is 0.301. The van der Waals surface area contributed by atoms with Gasteiger partial charge in [-0.05, 0) is 110 Å². The van der Waals surface area contributed by atoms with Crippen LogP contribution >= 0.6 is 0 Å². The lowest BCUT2D eigenvalue weighted by atomic mass is 9.77. The lowest BCUT2D eigenvalue weighted by Crippen LogP contribution is -2.14. The van der Waals surface area contributed by atoms with E-state index >= 15 is 0 Å². The Morgan fingerprint density at radius 1 is 0.705 bits per heavy atom. The molecule has 3 aromatic rings. The monoisotopic (exact) mass is 594 g/mol. The lowest BCUT2D eigenvalue weighted by Gasteiger charge is -2.28. The third kappa shape index (κ3) is 12.2. The van der Waals surface area contributed by atoms with E-state index in [0.717, 1.165) is 56.2 Å². The van der Waals surface area contributed by atoms with Gasteiger partial charge in [-0.1, -0.05) is 101 Å². The summed E-state index contributed by atoms with van der Waals surface area (Å²) in [4.78, 5) is 9.52. The van der Waals surface area contributed by atoms with Crippen molar-refractivity contribution in [1.82, 2.24) is 9.97 Å². The van der Waals surface area contributed by atoms with Gasteiger partial charge in [0, 0.05) is 18.8 Å². The molecule has 0 radical (unpaired) electrons. The zero-order valence-corrected chi connectivity index (χ0v) is 27.7. The van der Waals surface area contributed by atoms with E-state index in [1.165, 1.54) is 112 Å².